The van der Waals surface area contributed by atoms with Crippen LogP contribution in [-0.4, -0.2) is 20.3 Å². The summed E-state index contributed by atoms with van der Waals surface area (Å²) in [4.78, 5) is 12.8. The van der Waals surface area contributed by atoms with Gasteiger partial charge in [-0.3, -0.25) is 4.90 Å². The van der Waals surface area contributed by atoms with E-state index in [1.165, 1.54) is 12.0 Å². The highest BCUT2D eigenvalue weighted by atomic mass is 16.5. The van der Waals surface area contributed by atoms with E-state index in [9.17, 15) is 4.79 Å². The molecule has 3 nitrogen and oxygen atoms in total. The summed E-state index contributed by atoms with van der Waals surface area (Å²) in [5, 5.41) is 0. The van der Waals surface area contributed by atoms with Crippen LogP contribution in [0, 0.1) is 13.8 Å². The second kappa shape index (κ2) is 4.13. The molecule has 14 heavy (non-hydrogen) atoms. The Kier molecular flexibility index (Phi) is 3.12. The van der Waals surface area contributed by atoms with Gasteiger partial charge in [-0.25, -0.2) is 4.79 Å². The maximum atomic E-state index is 11.3. The van der Waals surface area contributed by atoms with Crippen molar-refractivity contribution in [2.75, 3.05) is 19.1 Å². The van der Waals surface area contributed by atoms with Gasteiger partial charge in [-0.15, -0.1) is 0 Å². The van der Waals surface area contributed by atoms with E-state index in [4.69, 9.17) is 0 Å². The van der Waals surface area contributed by atoms with Gasteiger partial charge < -0.3 is 4.74 Å². The smallest absolute Gasteiger partial charge is 0.413 e. The second-order valence-corrected chi connectivity index (χ2v) is 3.27. The van der Waals surface area contributed by atoms with Crippen LogP contribution in [0.15, 0.2) is 18.2 Å². The minimum absolute atomic E-state index is 0.345. The summed E-state index contributed by atoms with van der Waals surface area (Å²) in [6, 6.07) is 5.92. The van der Waals surface area contributed by atoms with Gasteiger partial charge in [0.25, 0.3) is 0 Å². The summed E-state index contributed by atoms with van der Waals surface area (Å²) >= 11 is 0. The first-order valence-electron chi connectivity index (χ1n) is 4.45. The van der Waals surface area contributed by atoms with Crippen molar-refractivity contribution < 1.29 is 9.53 Å². The maximum absolute atomic E-state index is 11.3. The molecule has 0 radical (unpaired) electrons. The first kappa shape index (κ1) is 10.6. The zero-order valence-electron chi connectivity index (χ0n) is 9.00. The van der Waals surface area contributed by atoms with E-state index in [2.05, 4.69) is 4.74 Å². The Hall–Kier alpha value is -1.51. The van der Waals surface area contributed by atoms with Crippen molar-refractivity contribution in [3.8, 4) is 0 Å². The van der Waals surface area contributed by atoms with Crippen LogP contribution in [0.3, 0.4) is 0 Å². The minimum Gasteiger partial charge on any atom is -0.452 e. The third-order valence-corrected chi connectivity index (χ3v) is 2.22. The number of anilines is 1. The van der Waals surface area contributed by atoms with Gasteiger partial charge in [-0.05, 0) is 25.0 Å². The molecule has 0 bridgehead atoms. The predicted octanol–water partition coefficient (Wildman–Crippen LogP) is 2.51. The van der Waals surface area contributed by atoms with Gasteiger partial charge in [-0.1, -0.05) is 18.2 Å². The predicted molar refractivity (Wildman–Crippen MR) is 56.7 cm³/mol. The highest BCUT2D eigenvalue weighted by Crippen LogP contribution is 2.23. The lowest BCUT2D eigenvalue weighted by molar-refractivity contribution is 0.180. The molecule has 1 rings (SSSR count). The van der Waals surface area contributed by atoms with Crippen LogP contribution in [0.1, 0.15) is 11.1 Å². The Bertz CT molecular complexity index is 327. The number of nitrogens with zero attached hydrogens (tertiary/aromatic N) is 1. The number of benzene rings is 1. The van der Waals surface area contributed by atoms with Crippen molar-refractivity contribution in [2.45, 2.75) is 13.8 Å². The van der Waals surface area contributed by atoms with Crippen molar-refractivity contribution in [1.29, 1.82) is 0 Å². The third kappa shape index (κ3) is 1.87. The molecule has 0 saturated carbocycles. The molecular weight excluding hydrogens is 178 g/mol. The minimum atomic E-state index is -0.345. The van der Waals surface area contributed by atoms with E-state index in [0.717, 1.165) is 16.8 Å². The van der Waals surface area contributed by atoms with Gasteiger partial charge >= 0.3 is 6.09 Å². The highest BCUT2D eigenvalue weighted by molar-refractivity contribution is 5.88. The van der Waals surface area contributed by atoms with Crippen molar-refractivity contribution in [2.24, 2.45) is 0 Å². The van der Waals surface area contributed by atoms with Crippen LogP contribution in [0.2, 0.25) is 0 Å². The Morgan fingerprint density at radius 1 is 1.29 bits per heavy atom. The van der Waals surface area contributed by atoms with E-state index in [1.54, 1.807) is 7.05 Å². The number of ether oxygens (including phenoxy) is 1. The second-order valence-electron chi connectivity index (χ2n) is 3.27. The van der Waals surface area contributed by atoms with Gasteiger partial charge in [0.2, 0.25) is 0 Å². The molecule has 1 aromatic rings. The Morgan fingerprint density at radius 2 is 1.79 bits per heavy atom. The quantitative estimate of drug-likeness (QED) is 0.685. The average Bonchev–Trinajstić information content (AvgIpc) is 2.16. The van der Waals surface area contributed by atoms with Crippen LogP contribution >= 0.6 is 0 Å². The molecule has 76 valence electrons. The number of aryl methyl sites for hydroxylation is 2. The number of hydrogen-bond donors (Lipinski definition) is 0. The summed E-state index contributed by atoms with van der Waals surface area (Å²) in [6.45, 7) is 3.95. The summed E-state index contributed by atoms with van der Waals surface area (Å²) in [6.07, 6.45) is -0.345. The van der Waals surface area contributed by atoms with Crippen molar-refractivity contribution >= 4 is 11.8 Å². The first-order chi connectivity index (χ1) is 6.57. The topological polar surface area (TPSA) is 29.5 Å². The van der Waals surface area contributed by atoms with Gasteiger partial charge in [0, 0.05) is 7.05 Å². The van der Waals surface area contributed by atoms with E-state index < -0.39 is 0 Å². The molecule has 0 aliphatic heterocycles. The number of hydrogen-bond acceptors (Lipinski definition) is 2. The molecule has 0 fully saturated rings. The molecule has 1 amide bonds. The number of rotatable bonds is 1. The normalized spacial score (nSPS) is 9.71. The molecular formula is C11H15NO2. The third-order valence-electron chi connectivity index (χ3n) is 2.22. The monoisotopic (exact) mass is 193 g/mol. The largest absolute Gasteiger partial charge is 0.452 e. The van der Waals surface area contributed by atoms with Gasteiger partial charge in [0.1, 0.15) is 0 Å². The van der Waals surface area contributed by atoms with Crippen molar-refractivity contribution in [3.05, 3.63) is 29.3 Å². The number of para-hydroxylation sites is 1. The molecule has 0 spiro atoms. The molecule has 0 saturated heterocycles. The lowest BCUT2D eigenvalue weighted by Gasteiger charge is -2.20. The SMILES string of the molecule is COC(=O)N(C)c1c(C)cccc1C. The van der Waals surface area contributed by atoms with Crippen LogP contribution in [0.25, 0.3) is 0 Å². The molecule has 0 aromatic heterocycles. The summed E-state index contributed by atoms with van der Waals surface area (Å²) < 4.78 is 4.66. The fraction of sp³-hybridized carbons (Fsp3) is 0.364. The Labute approximate surface area is 84.3 Å². The molecule has 0 aliphatic carbocycles. The first-order valence-corrected chi connectivity index (χ1v) is 4.45. The van der Waals surface area contributed by atoms with Gasteiger partial charge in [-0.2, -0.15) is 0 Å². The van der Waals surface area contributed by atoms with Gasteiger partial charge in [0.05, 0.1) is 12.8 Å². The maximum Gasteiger partial charge on any atom is 0.413 e. The molecule has 0 heterocycles. The molecule has 0 atom stereocenters. The number of carbonyl (C=O) groups excluding carboxylic acids is 1. The average molecular weight is 193 g/mol. The van der Waals surface area contributed by atoms with Crippen LogP contribution in [0.5, 0.6) is 0 Å². The fourth-order valence-corrected chi connectivity index (χ4v) is 1.56. The fourth-order valence-electron chi connectivity index (χ4n) is 1.56. The highest BCUT2D eigenvalue weighted by Gasteiger charge is 2.14. The zero-order chi connectivity index (χ0) is 10.7. The molecule has 1 aromatic carbocycles. The number of carbonyl (C=O) groups is 1. The Balaban J connectivity index is 3.11. The van der Waals surface area contributed by atoms with E-state index >= 15 is 0 Å². The van der Waals surface area contributed by atoms with Crippen LogP contribution in [-0.2, 0) is 4.74 Å². The van der Waals surface area contributed by atoms with E-state index in [0.29, 0.717) is 0 Å². The van der Waals surface area contributed by atoms with Gasteiger partial charge in [0.15, 0.2) is 0 Å². The zero-order valence-corrected chi connectivity index (χ0v) is 9.00. The molecule has 0 aliphatic rings. The van der Waals surface area contributed by atoms with E-state index in [1.807, 2.05) is 32.0 Å². The standard InChI is InChI=1S/C11H15NO2/c1-8-6-5-7-9(2)10(8)12(3)11(13)14-4/h5-7H,1-4H3. The summed E-state index contributed by atoms with van der Waals surface area (Å²) in [5.41, 5.74) is 3.05. The van der Waals surface area contributed by atoms with Crippen molar-refractivity contribution in [1.82, 2.24) is 0 Å². The van der Waals surface area contributed by atoms with Crippen LogP contribution < -0.4 is 4.90 Å². The summed E-state index contributed by atoms with van der Waals surface area (Å²) in [7, 11) is 3.09. The number of methoxy groups -OCH3 is 1. The molecule has 3 heteroatoms. The number of amides is 1. The van der Waals surface area contributed by atoms with Crippen LogP contribution in [0.4, 0.5) is 10.5 Å². The van der Waals surface area contributed by atoms with Crippen molar-refractivity contribution in [3.63, 3.8) is 0 Å². The van der Waals surface area contributed by atoms with E-state index in [-0.39, 0.29) is 6.09 Å². The molecule has 0 unspecified atom stereocenters. The molecule has 0 N–H and O–H groups in total. The Morgan fingerprint density at radius 3 is 2.21 bits per heavy atom. The lowest BCUT2D eigenvalue weighted by Crippen LogP contribution is -2.27. The lowest BCUT2D eigenvalue weighted by atomic mass is 10.1. The summed E-state index contributed by atoms with van der Waals surface area (Å²) in [5.74, 6) is 0.